The molecule has 0 aliphatic heterocycles. The number of carboxylic acid groups (broad SMARTS) is 1. The zero-order chi connectivity index (χ0) is 14.4. The number of rotatable bonds is 2. The Morgan fingerprint density at radius 2 is 2.00 bits per heavy atom. The Kier molecular flexibility index (Phi) is 4.44. The summed E-state index contributed by atoms with van der Waals surface area (Å²) in [6.45, 7) is 1.60. The number of imidazole rings is 1. The Bertz CT molecular complexity index is 692. The largest absolute Gasteiger partial charge is 0.481 e. The lowest BCUT2D eigenvalue weighted by molar-refractivity contribution is -0.136. The zero-order valence-corrected chi connectivity index (χ0v) is 11.1. The first kappa shape index (κ1) is 13.7. The van der Waals surface area contributed by atoms with Crippen LogP contribution in [0.4, 0.5) is 0 Å². The summed E-state index contributed by atoms with van der Waals surface area (Å²) in [5.74, 6) is -0.745. The number of hydrogen-bond acceptors (Lipinski definition) is 3. The van der Waals surface area contributed by atoms with Gasteiger partial charge >= 0.3 is 5.97 Å². The van der Waals surface area contributed by atoms with Gasteiger partial charge in [0.05, 0.1) is 5.69 Å². The molecule has 0 aromatic carbocycles. The van der Waals surface area contributed by atoms with E-state index in [1.54, 1.807) is 19.3 Å². The third-order valence-corrected chi connectivity index (χ3v) is 2.65. The maximum atomic E-state index is 9.37. The van der Waals surface area contributed by atoms with E-state index in [1.807, 2.05) is 47.1 Å². The molecule has 1 N–H and O–H groups in total. The van der Waals surface area contributed by atoms with Gasteiger partial charge in [-0.1, -0.05) is 13.0 Å². The van der Waals surface area contributed by atoms with E-state index in [9.17, 15) is 4.79 Å². The number of fused-ring (bicyclic) bond motifs is 1. The molecule has 0 amide bonds. The molecule has 20 heavy (non-hydrogen) atoms. The van der Waals surface area contributed by atoms with Gasteiger partial charge in [-0.3, -0.25) is 9.78 Å². The molecule has 0 saturated heterocycles. The van der Waals surface area contributed by atoms with Gasteiger partial charge in [-0.15, -0.1) is 0 Å². The minimum Gasteiger partial charge on any atom is -0.481 e. The Morgan fingerprint density at radius 1 is 1.20 bits per heavy atom. The van der Waals surface area contributed by atoms with Gasteiger partial charge in [0.15, 0.2) is 0 Å². The molecule has 0 aliphatic carbocycles. The quantitative estimate of drug-likeness (QED) is 0.776. The van der Waals surface area contributed by atoms with Gasteiger partial charge in [-0.05, 0) is 24.3 Å². The molecule has 0 aliphatic rings. The van der Waals surface area contributed by atoms with Crippen LogP contribution in [0, 0.1) is 0 Å². The van der Waals surface area contributed by atoms with E-state index in [0.29, 0.717) is 0 Å². The fourth-order valence-electron chi connectivity index (χ4n) is 1.61. The number of hydrogen-bond donors (Lipinski definition) is 1. The lowest BCUT2D eigenvalue weighted by Gasteiger charge is -2.00. The molecular weight excluding hydrogens is 254 g/mol. The molecule has 0 radical (unpaired) electrons. The van der Waals surface area contributed by atoms with Crippen molar-refractivity contribution in [2.45, 2.75) is 13.3 Å². The van der Waals surface area contributed by atoms with Crippen LogP contribution in [0.3, 0.4) is 0 Å². The standard InChI is InChI=1S/C12H9N3.C3H6O2/c1-2-6-13-11(3-1)10-4-5-12-14-7-8-15(12)9-10;1-2-3(4)5/h1-9H;2H2,1H3,(H,4,5). The number of aromatic nitrogens is 3. The van der Waals surface area contributed by atoms with Gasteiger partial charge in [-0.2, -0.15) is 0 Å². The lowest BCUT2D eigenvalue weighted by atomic mass is 10.2. The van der Waals surface area contributed by atoms with Gasteiger partial charge < -0.3 is 9.51 Å². The Labute approximate surface area is 116 Å². The van der Waals surface area contributed by atoms with Crippen LogP contribution in [-0.2, 0) is 4.79 Å². The topological polar surface area (TPSA) is 67.5 Å². The summed E-state index contributed by atoms with van der Waals surface area (Å²) in [5, 5.41) is 7.72. The van der Waals surface area contributed by atoms with E-state index in [-0.39, 0.29) is 6.42 Å². The second-order valence-electron chi connectivity index (χ2n) is 4.07. The smallest absolute Gasteiger partial charge is 0.303 e. The van der Waals surface area contributed by atoms with Crippen LogP contribution in [0.15, 0.2) is 55.1 Å². The first-order chi connectivity index (χ1) is 9.70. The molecule has 3 heterocycles. The van der Waals surface area contributed by atoms with Crippen LogP contribution < -0.4 is 0 Å². The van der Waals surface area contributed by atoms with E-state index in [1.165, 1.54) is 0 Å². The fourth-order valence-corrected chi connectivity index (χ4v) is 1.61. The average Bonchev–Trinajstić information content (AvgIpc) is 2.96. The number of carboxylic acids is 1. The van der Waals surface area contributed by atoms with Crippen molar-refractivity contribution < 1.29 is 9.90 Å². The third kappa shape index (κ3) is 3.41. The van der Waals surface area contributed by atoms with E-state index in [2.05, 4.69) is 9.97 Å². The van der Waals surface area contributed by atoms with Crippen molar-refractivity contribution in [3.05, 3.63) is 55.1 Å². The van der Waals surface area contributed by atoms with E-state index >= 15 is 0 Å². The Morgan fingerprint density at radius 3 is 2.65 bits per heavy atom. The highest BCUT2D eigenvalue weighted by atomic mass is 16.4. The number of carbonyl (C=O) groups is 1. The van der Waals surface area contributed by atoms with Crippen LogP contribution in [0.5, 0.6) is 0 Å². The van der Waals surface area contributed by atoms with Crippen molar-refractivity contribution in [3.8, 4) is 11.3 Å². The van der Waals surface area contributed by atoms with Crippen molar-refractivity contribution in [1.82, 2.24) is 14.4 Å². The third-order valence-electron chi connectivity index (χ3n) is 2.65. The molecule has 0 fully saturated rings. The average molecular weight is 269 g/mol. The second kappa shape index (κ2) is 6.47. The molecule has 0 bridgehead atoms. The summed E-state index contributed by atoms with van der Waals surface area (Å²) in [7, 11) is 0. The first-order valence-corrected chi connectivity index (χ1v) is 6.26. The van der Waals surface area contributed by atoms with Gasteiger partial charge in [-0.25, -0.2) is 4.98 Å². The maximum absolute atomic E-state index is 9.37. The minimum atomic E-state index is -0.745. The van der Waals surface area contributed by atoms with E-state index in [4.69, 9.17) is 5.11 Å². The highest BCUT2D eigenvalue weighted by molar-refractivity contribution is 5.66. The Hall–Kier alpha value is -2.69. The molecular formula is C15H15N3O2. The highest BCUT2D eigenvalue weighted by Gasteiger charge is 1.99. The van der Waals surface area contributed by atoms with Gasteiger partial charge in [0.25, 0.3) is 0 Å². The van der Waals surface area contributed by atoms with Crippen molar-refractivity contribution in [1.29, 1.82) is 0 Å². The molecule has 0 unspecified atom stereocenters. The van der Waals surface area contributed by atoms with Crippen LogP contribution in [0.25, 0.3) is 16.9 Å². The second-order valence-corrected chi connectivity index (χ2v) is 4.07. The van der Waals surface area contributed by atoms with E-state index in [0.717, 1.165) is 16.9 Å². The van der Waals surface area contributed by atoms with Gasteiger partial charge in [0, 0.05) is 36.8 Å². The summed E-state index contributed by atoms with van der Waals surface area (Å²) in [4.78, 5) is 17.9. The summed E-state index contributed by atoms with van der Waals surface area (Å²) in [6.07, 6.45) is 7.78. The van der Waals surface area contributed by atoms with E-state index < -0.39 is 5.97 Å². The fraction of sp³-hybridized carbons (Fsp3) is 0.133. The molecule has 0 atom stereocenters. The van der Waals surface area contributed by atoms with Gasteiger partial charge in [0.2, 0.25) is 0 Å². The molecule has 3 aromatic heterocycles. The van der Waals surface area contributed by atoms with Crippen LogP contribution >= 0.6 is 0 Å². The molecule has 3 rings (SSSR count). The Balaban J connectivity index is 0.000000257. The molecule has 0 saturated carbocycles. The SMILES string of the molecule is CCC(=O)O.c1ccc(-c2ccc3nccn3c2)nc1. The minimum absolute atomic E-state index is 0.222. The predicted molar refractivity (Wildman–Crippen MR) is 76.3 cm³/mol. The zero-order valence-electron chi connectivity index (χ0n) is 11.1. The number of pyridine rings is 2. The summed E-state index contributed by atoms with van der Waals surface area (Å²) in [5.41, 5.74) is 3.03. The molecule has 102 valence electrons. The van der Waals surface area contributed by atoms with Crippen LogP contribution in [0.1, 0.15) is 13.3 Å². The van der Waals surface area contributed by atoms with Crippen LogP contribution in [0.2, 0.25) is 0 Å². The summed E-state index contributed by atoms with van der Waals surface area (Å²) >= 11 is 0. The predicted octanol–water partition coefficient (Wildman–Crippen LogP) is 2.88. The highest BCUT2D eigenvalue weighted by Crippen LogP contribution is 2.16. The molecule has 5 heteroatoms. The maximum Gasteiger partial charge on any atom is 0.303 e. The molecule has 3 aromatic rings. The summed E-state index contributed by atoms with van der Waals surface area (Å²) in [6, 6.07) is 9.92. The number of aliphatic carboxylic acids is 1. The molecule has 0 spiro atoms. The first-order valence-electron chi connectivity index (χ1n) is 6.26. The van der Waals surface area contributed by atoms with Gasteiger partial charge in [0.1, 0.15) is 5.65 Å². The van der Waals surface area contributed by atoms with Crippen LogP contribution in [-0.4, -0.2) is 25.4 Å². The normalized spacial score (nSPS) is 9.85. The van der Waals surface area contributed by atoms with Crippen molar-refractivity contribution in [2.75, 3.05) is 0 Å². The lowest BCUT2D eigenvalue weighted by Crippen LogP contribution is -1.87. The van der Waals surface area contributed by atoms with Crippen molar-refractivity contribution in [2.24, 2.45) is 0 Å². The number of nitrogens with zero attached hydrogens (tertiary/aromatic N) is 3. The monoisotopic (exact) mass is 269 g/mol. The van der Waals surface area contributed by atoms with Crippen molar-refractivity contribution >= 4 is 11.6 Å². The van der Waals surface area contributed by atoms with Crippen molar-refractivity contribution in [3.63, 3.8) is 0 Å². The molecule has 5 nitrogen and oxygen atoms in total. The summed E-state index contributed by atoms with van der Waals surface area (Å²) < 4.78 is 1.99.